The Morgan fingerprint density at radius 1 is 1.21 bits per heavy atom. The molecule has 0 aromatic heterocycles. The van der Waals surface area contributed by atoms with Gasteiger partial charge >= 0.3 is 0 Å². The third-order valence-electron chi connectivity index (χ3n) is 3.72. The normalized spacial score (nSPS) is 10.6. The smallest absolute Gasteiger partial charge is 0.270 e. The molecule has 2 rings (SSSR count). The molecule has 0 spiro atoms. The average molecular weight is 334 g/mol. The minimum Gasteiger partial charge on any atom is -0.366 e. The van der Waals surface area contributed by atoms with Crippen molar-refractivity contribution in [2.75, 3.05) is 0 Å². The fourth-order valence-corrected chi connectivity index (χ4v) is 2.53. The summed E-state index contributed by atoms with van der Waals surface area (Å²) in [5.41, 5.74) is 6.12. The van der Waals surface area contributed by atoms with Crippen molar-refractivity contribution in [2.24, 2.45) is 5.73 Å². The van der Waals surface area contributed by atoms with Crippen molar-refractivity contribution in [3.63, 3.8) is 0 Å². The molecule has 0 fully saturated rings. The SMILES string of the molecule is CCCCc1c(C(N)=O)cc([N+](=O)[O-])cc1-c1ccc(F)c(F)c1. The van der Waals surface area contributed by atoms with Gasteiger partial charge in [-0.3, -0.25) is 14.9 Å². The van der Waals surface area contributed by atoms with Crippen LogP contribution >= 0.6 is 0 Å². The number of halogens is 2. The molecule has 24 heavy (non-hydrogen) atoms. The van der Waals surface area contributed by atoms with Crippen LogP contribution in [0.2, 0.25) is 0 Å². The molecule has 0 aliphatic carbocycles. The van der Waals surface area contributed by atoms with Crippen LogP contribution in [-0.2, 0) is 6.42 Å². The van der Waals surface area contributed by atoms with Crippen LogP contribution in [0.1, 0.15) is 35.7 Å². The van der Waals surface area contributed by atoms with Gasteiger partial charge in [0.2, 0.25) is 5.91 Å². The lowest BCUT2D eigenvalue weighted by molar-refractivity contribution is -0.384. The Bertz CT molecular complexity index is 807. The van der Waals surface area contributed by atoms with E-state index in [2.05, 4.69) is 0 Å². The molecule has 0 radical (unpaired) electrons. The Morgan fingerprint density at radius 2 is 1.92 bits per heavy atom. The van der Waals surface area contributed by atoms with E-state index in [1.807, 2.05) is 6.92 Å². The molecule has 5 nitrogen and oxygen atoms in total. The van der Waals surface area contributed by atoms with Gasteiger partial charge in [-0.25, -0.2) is 8.78 Å². The van der Waals surface area contributed by atoms with E-state index < -0.39 is 22.5 Å². The molecule has 0 atom stereocenters. The standard InChI is InChI=1S/C17H16F2N2O3/c1-2-3-4-12-13(10-5-6-15(18)16(19)7-10)8-11(21(23)24)9-14(12)17(20)22/h5-9H,2-4H2,1H3,(H2,20,22). The van der Waals surface area contributed by atoms with Gasteiger partial charge in [0.05, 0.1) is 4.92 Å². The molecule has 0 aliphatic heterocycles. The molecule has 0 saturated heterocycles. The molecule has 0 aliphatic rings. The lowest BCUT2D eigenvalue weighted by Crippen LogP contribution is -2.15. The van der Waals surface area contributed by atoms with E-state index in [-0.39, 0.29) is 16.8 Å². The van der Waals surface area contributed by atoms with E-state index in [0.717, 1.165) is 31.0 Å². The van der Waals surface area contributed by atoms with Gasteiger partial charge in [-0.2, -0.15) is 0 Å². The number of hydrogen-bond donors (Lipinski definition) is 1. The Labute approximate surface area is 137 Å². The molecule has 0 heterocycles. The average Bonchev–Trinajstić information content (AvgIpc) is 2.54. The predicted molar refractivity (Wildman–Crippen MR) is 85.6 cm³/mol. The number of rotatable bonds is 6. The van der Waals surface area contributed by atoms with Crippen molar-refractivity contribution in [2.45, 2.75) is 26.2 Å². The topological polar surface area (TPSA) is 86.2 Å². The Balaban J connectivity index is 2.75. The third-order valence-corrected chi connectivity index (χ3v) is 3.72. The number of nitrogens with two attached hydrogens (primary N) is 1. The van der Waals surface area contributed by atoms with Gasteiger partial charge < -0.3 is 5.73 Å². The van der Waals surface area contributed by atoms with Crippen LogP contribution in [0.4, 0.5) is 14.5 Å². The van der Waals surface area contributed by atoms with Crippen LogP contribution in [-0.4, -0.2) is 10.8 Å². The van der Waals surface area contributed by atoms with E-state index in [9.17, 15) is 23.7 Å². The number of benzene rings is 2. The minimum absolute atomic E-state index is 0.0254. The van der Waals surface area contributed by atoms with Gasteiger partial charge in [-0.15, -0.1) is 0 Å². The Morgan fingerprint density at radius 3 is 2.46 bits per heavy atom. The number of amides is 1. The lowest BCUT2D eigenvalue weighted by Gasteiger charge is -2.14. The van der Waals surface area contributed by atoms with Crippen molar-refractivity contribution in [3.05, 3.63) is 63.2 Å². The second kappa shape index (κ2) is 7.16. The molecule has 0 unspecified atom stereocenters. The van der Waals surface area contributed by atoms with Crippen LogP contribution in [0.15, 0.2) is 30.3 Å². The lowest BCUT2D eigenvalue weighted by atomic mass is 9.91. The zero-order valence-electron chi connectivity index (χ0n) is 13.0. The summed E-state index contributed by atoms with van der Waals surface area (Å²) >= 11 is 0. The summed E-state index contributed by atoms with van der Waals surface area (Å²) in [4.78, 5) is 22.2. The number of nitro benzene ring substituents is 1. The number of carbonyl (C=O) groups excluding carboxylic acids is 1. The molecule has 2 aromatic rings. The number of nitrogens with zero attached hydrogens (tertiary/aromatic N) is 1. The summed E-state index contributed by atoms with van der Waals surface area (Å²) in [6, 6.07) is 5.59. The first-order chi connectivity index (χ1) is 11.3. The van der Waals surface area contributed by atoms with E-state index in [4.69, 9.17) is 5.73 Å². The summed E-state index contributed by atoms with van der Waals surface area (Å²) in [6.07, 6.45) is 1.99. The number of nitro groups is 1. The first-order valence-corrected chi connectivity index (χ1v) is 7.41. The monoisotopic (exact) mass is 334 g/mol. The predicted octanol–water partition coefficient (Wildman–Crippen LogP) is 3.98. The summed E-state index contributed by atoms with van der Waals surface area (Å²) in [5.74, 6) is -2.89. The summed E-state index contributed by atoms with van der Waals surface area (Å²) in [5, 5.41) is 11.1. The third kappa shape index (κ3) is 3.56. The zero-order chi connectivity index (χ0) is 17.9. The van der Waals surface area contributed by atoms with E-state index in [1.165, 1.54) is 12.1 Å². The maximum Gasteiger partial charge on any atom is 0.270 e. The van der Waals surface area contributed by atoms with Gasteiger partial charge in [-0.1, -0.05) is 19.4 Å². The highest BCUT2D eigenvalue weighted by molar-refractivity contribution is 5.97. The molecule has 2 aromatic carbocycles. The van der Waals surface area contributed by atoms with Gasteiger partial charge in [0, 0.05) is 17.7 Å². The van der Waals surface area contributed by atoms with Crippen LogP contribution in [0, 0.1) is 21.7 Å². The maximum absolute atomic E-state index is 13.6. The second-order valence-electron chi connectivity index (χ2n) is 5.37. The first-order valence-electron chi connectivity index (χ1n) is 7.41. The molecule has 7 heteroatoms. The summed E-state index contributed by atoms with van der Waals surface area (Å²) < 4.78 is 26.7. The van der Waals surface area contributed by atoms with Gasteiger partial charge in [0.25, 0.3) is 5.69 Å². The fourth-order valence-electron chi connectivity index (χ4n) is 2.53. The van der Waals surface area contributed by atoms with Crippen LogP contribution in [0.5, 0.6) is 0 Å². The zero-order valence-corrected chi connectivity index (χ0v) is 13.0. The first kappa shape index (κ1) is 17.5. The molecule has 1 amide bonds. The molecule has 0 bridgehead atoms. The van der Waals surface area contributed by atoms with Gasteiger partial charge in [0.1, 0.15) is 0 Å². The minimum atomic E-state index is -1.07. The molecular formula is C17H16F2N2O3. The quantitative estimate of drug-likeness (QED) is 0.640. The molecule has 126 valence electrons. The highest BCUT2D eigenvalue weighted by Crippen LogP contribution is 2.33. The van der Waals surface area contributed by atoms with E-state index >= 15 is 0 Å². The number of primary amides is 1. The van der Waals surface area contributed by atoms with Crippen LogP contribution in [0.25, 0.3) is 11.1 Å². The summed E-state index contributed by atoms with van der Waals surface area (Å²) in [6.45, 7) is 1.95. The largest absolute Gasteiger partial charge is 0.366 e. The fraction of sp³-hybridized carbons (Fsp3) is 0.235. The van der Waals surface area contributed by atoms with Gasteiger partial charge in [0.15, 0.2) is 11.6 Å². The number of carbonyl (C=O) groups is 1. The Hall–Kier alpha value is -2.83. The van der Waals surface area contributed by atoms with Gasteiger partial charge in [-0.05, 0) is 41.7 Å². The highest BCUT2D eigenvalue weighted by atomic mass is 19.2. The molecular weight excluding hydrogens is 318 g/mol. The second-order valence-corrected chi connectivity index (χ2v) is 5.37. The van der Waals surface area contributed by atoms with Crippen molar-refractivity contribution in [1.82, 2.24) is 0 Å². The Kier molecular flexibility index (Phi) is 5.23. The van der Waals surface area contributed by atoms with Crippen molar-refractivity contribution >= 4 is 11.6 Å². The number of unbranched alkanes of at least 4 members (excludes halogenated alkanes) is 1. The van der Waals surface area contributed by atoms with E-state index in [1.54, 1.807) is 0 Å². The van der Waals surface area contributed by atoms with E-state index in [0.29, 0.717) is 17.5 Å². The molecule has 2 N–H and O–H groups in total. The van der Waals surface area contributed by atoms with Crippen molar-refractivity contribution in [1.29, 1.82) is 0 Å². The molecule has 0 saturated carbocycles. The number of non-ortho nitro benzene ring substituents is 1. The van der Waals surface area contributed by atoms with Crippen molar-refractivity contribution in [3.8, 4) is 11.1 Å². The van der Waals surface area contributed by atoms with Crippen LogP contribution < -0.4 is 5.73 Å². The maximum atomic E-state index is 13.6. The van der Waals surface area contributed by atoms with Crippen molar-refractivity contribution < 1.29 is 18.5 Å². The number of hydrogen-bond acceptors (Lipinski definition) is 3. The van der Waals surface area contributed by atoms with Crippen LogP contribution in [0.3, 0.4) is 0 Å². The highest BCUT2D eigenvalue weighted by Gasteiger charge is 2.21. The summed E-state index contributed by atoms with van der Waals surface area (Å²) in [7, 11) is 0.